The minimum atomic E-state index is -0.938. The summed E-state index contributed by atoms with van der Waals surface area (Å²) in [4.78, 5) is 30.2. The minimum Gasteiger partial charge on any atom is -0.496 e. The number of benzene rings is 1. The van der Waals surface area contributed by atoms with Crippen molar-refractivity contribution in [3.63, 3.8) is 0 Å². The van der Waals surface area contributed by atoms with E-state index in [1.165, 1.54) is 0 Å². The van der Waals surface area contributed by atoms with Crippen molar-refractivity contribution in [2.75, 3.05) is 25.1 Å². The number of aromatic nitrogens is 1. The molecule has 1 aliphatic carbocycles. The summed E-state index contributed by atoms with van der Waals surface area (Å²) in [5, 5.41) is 12.3. The number of hydrogen-bond acceptors (Lipinski definition) is 5. The molecule has 0 spiro atoms. The van der Waals surface area contributed by atoms with Crippen molar-refractivity contribution in [3.8, 4) is 5.75 Å². The largest absolute Gasteiger partial charge is 0.496 e. The number of nitrogens with zero attached hydrogens (tertiary/aromatic N) is 2. The molecule has 0 bridgehead atoms. The van der Waals surface area contributed by atoms with Crippen molar-refractivity contribution in [1.29, 1.82) is 0 Å². The van der Waals surface area contributed by atoms with Gasteiger partial charge in [0.05, 0.1) is 12.7 Å². The highest BCUT2D eigenvalue weighted by atomic mass is 16.5. The molecule has 2 aromatic rings. The molecule has 7 nitrogen and oxygen atoms in total. The highest BCUT2D eigenvalue weighted by Gasteiger charge is 2.27. The van der Waals surface area contributed by atoms with E-state index in [-0.39, 0.29) is 11.5 Å². The fourth-order valence-corrected chi connectivity index (χ4v) is 3.82. The van der Waals surface area contributed by atoms with Gasteiger partial charge >= 0.3 is 5.97 Å². The van der Waals surface area contributed by atoms with Crippen LogP contribution in [0, 0.1) is 5.92 Å². The van der Waals surface area contributed by atoms with Gasteiger partial charge < -0.3 is 20.1 Å². The van der Waals surface area contributed by atoms with Gasteiger partial charge in [0.1, 0.15) is 11.6 Å². The van der Waals surface area contributed by atoms with E-state index in [0.29, 0.717) is 23.3 Å². The van der Waals surface area contributed by atoms with E-state index in [9.17, 15) is 14.7 Å². The van der Waals surface area contributed by atoms with Crippen molar-refractivity contribution >= 4 is 17.7 Å². The van der Waals surface area contributed by atoms with Crippen LogP contribution in [0.25, 0.3) is 0 Å². The second kappa shape index (κ2) is 8.11. The van der Waals surface area contributed by atoms with E-state index in [1.54, 1.807) is 37.6 Å². The molecule has 1 saturated carbocycles. The summed E-state index contributed by atoms with van der Waals surface area (Å²) in [7, 11) is 1.60. The van der Waals surface area contributed by atoms with Crippen LogP contribution in [0.3, 0.4) is 0 Å². The average Bonchev–Trinajstić information content (AvgIpc) is 3.42. The number of pyridine rings is 1. The van der Waals surface area contributed by atoms with E-state index in [0.717, 1.165) is 50.2 Å². The predicted octanol–water partition coefficient (Wildman–Crippen LogP) is 2.75. The van der Waals surface area contributed by atoms with Crippen LogP contribution in [-0.4, -0.2) is 48.2 Å². The number of methoxy groups -OCH3 is 1. The molecule has 1 aromatic carbocycles. The summed E-state index contributed by atoms with van der Waals surface area (Å²) in [6.45, 7) is 1.66. The quantitative estimate of drug-likeness (QED) is 0.749. The number of hydrogen-bond donors (Lipinski definition) is 2. The summed E-state index contributed by atoms with van der Waals surface area (Å²) in [5.74, 6) is 0.903. The van der Waals surface area contributed by atoms with Crippen LogP contribution in [0.4, 0.5) is 5.82 Å². The number of amides is 1. The van der Waals surface area contributed by atoms with Crippen molar-refractivity contribution in [2.24, 2.45) is 5.92 Å². The minimum absolute atomic E-state index is 0.0397. The molecule has 2 fully saturated rings. The number of carboxylic acid groups (broad SMARTS) is 1. The van der Waals surface area contributed by atoms with Gasteiger partial charge in [0.2, 0.25) is 0 Å². The lowest BCUT2D eigenvalue weighted by Gasteiger charge is -2.19. The number of carbonyl (C=O) groups excluding carboxylic acids is 1. The SMILES string of the molecule is COc1ccc(C(=O)O)cc1CC1CCN(c2cc(C(=O)NC3CC3)ccn2)C1. The fourth-order valence-electron chi connectivity index (χ4n) is 3.82. The van der Waals surface area contributed by atoms with Crippen LogP contribution < -0.4 is 15.0 Å². The summed E-state index contributed by atoms with van der Waals surface area (Å²) < 4.78 is 5.42. The predicted molar refractivity (Wildman–Crippen MR) is 109 cm³/mol. The van der Waals surface area contributed by atoms with E-state index >= 15 is 0 Å². The number of anilines is 1. The Labute approximate surface area is 169 Å². The molecule has 2 heterocycles. The maximum absolute atomic E-state index is 12.3. The third-order valence-corrected chi connectivity index (χ3v) is 5.57. The highest BCUT2D eigenvalue weighted by Crippen LogP contribution is 2.29. The van der Waals surface area contributed by atoms with Gasteiger partial charge in [-0.25, -0.2) is 9.78 Å². The Bertz CT molecular complexity index is 926. The molecule has 1 atom stereocenters. The van der Waals surface area contributed by atoms with Crippen LogP contribution in [0.15, 0.2) is 36.5 Å². The van der Waals surface area contributed by atoms with Gasteiger partial charge in [0.25, 0.3) is 5.91 Å². The molecule has 1 aromatic heterocycles. The van der Waals surface area contributed by atoms with Crippen LogP contribution in [-0.2, 0) is 6.42 Å². The number of nitrogens with one attached hydrogen (secondary N) is 1. The molecule has 1 unspecified atom stereocenters. The van der Waals surface area contributed by atoms with E-state index < -0.39 is 5.97 Å². The Morgan fingerprint density at radius 1 is 1.21 bits per heavy atom. The lowest BCUT2D eigenvalue weighted by atomic mass is 9.96. The summed E-state index contributed by atoms with van der Waals surface area (Å²) in [6, 6.07) is 8.91. The Kier molecular flexibility index (Phi) is 5.38. The zero-order valence-corrected chi connectivity index (χ0v) is 16.4. The molecule has 1 amide bonds. The molecule has 0 radical (unpaired) electrons. The molecule has 29 heavy (non-hydrogen) atoms. The smallest absolute Gasteiger partial charge is 0.335 e. The molecule has 1 aliphatic heterocycles. The number of carbonyl (C=O) groups is 2. The van der Waals surface area contributed by atoms with Gasteiger partial charge in [0.15, 0.2) is 0 Å². The van der Waals surface area contributed by atoms with E-state index in [1.807, 2.05) is 6.07 Å². The number of carboxylic acids is 1. The van der Waals surface area contributed by atoms with Crippen LogP contribution in [0.2, 0.25) is 0 Å². The molecule has 152 valence electrons. The monoisotopic (exact) mass is 395 g/mol. The fraction of sp³-hybridized carbons (Fsp3) is 0.409. The molecule has 4 rings (SSSR count). The Hall–Kier alpha value is -3.09. The van der Waals surface area contributed by atoms with Crippen LogP contribution in [0.5, 0.6) is 5.75 Å². The van der Waals surface area contributed by atoms with Crippen molar-refractivity contribution in [3.05, 3.63) is 53.2 Å². The van der Waals surface area contributed by atoms with Gasteiger partial charge in [-0.15, -0.1) is 0 Å². The molecule has 1 saturated heterocycles. The first kappa shape index (κ1) is 19.2. The summed E-state index contributed by atoms with van der Waals surface area (Å²) in [6.07, 6.45) is 5.52. The zero-order chi connectivity index (χ0) is 20.4. The topological polar surface area (TPSA) is 91.8 Å². The Morgan fingerprint density at radius 2 is 2.03 bits per heavy atom. The maximum atomic E-state index is 12.3. The van der Waals surface area contributed by atoms with Gasteiger partial charge in [-0.1, -0.05) is 0 Å². The normalized spacial score (nSPS) is 18.5. The zero-order valence-electron chi connectivity index (χ0n) is 16.4. The number of aromatic carboxylic acids is 1. The number of rotatable bonds is 7. The summed E-state index contributed by atoms with van der Waals surface area (Å²) in [5.41, 5.74) is 1.82. The molecular formula is C22H25N3O4. The highest BCUT2D eigenvalue weighted by molar-refractivity contribution is 5.95. The third-order valence-electron chi connectivity index (χ3n) is 5.57. The second-order valence-electron chi connectivity index (χ2n) is 7.79. The third kappa shape index (κ3) is 4.50. The Morgan fingerprint density at radius 3 is 2.76 bits per heavy atom. The molecule has 7 heteroatoms. The second-order valence-corrected chi connectivity index (χ2v) is 7.79. The average molecular weight is 395 g/mol. The lowest BCUT2D eigenvalue weighted by molar-refractivity contribution is 0.0696. The van der Waals surface area contributed by atoms with Crippen molar-refractivity contribution in [2.45, 2.75) is 31.7 Å². The summed E-state index contributed by atoms with van der Waals surface area (Å²) >= 11 is 0. The molecule has 2 N–H and O–H groups in total. The Balaban J connectivity index is 1.44. The lowest BCUT2D eigenvalue weighted by Crippen LogP contribution is -2.26. The van der Waals surface area contributed by atoms with E-state index in [4.69, 9.17) is 4.74 Å². The maximum Gasteiger partial charge on any atom is 0.335 e. The van der Waals surface area contributed by atoms with Gasteiger partial charge in [0, 0.05) is 30.9 Å². The van der Waals surface area contributed by atoms with Gasteiger partial charge in [-0.05, 0) is 67.5 Å². The first-order valence-corrected chi connectivity index (χ1v) is 9.95. The number of ether oxygens (including phenoxy) is 1. The van der Waals surface area contributed by atoms with E-state index in [2.05, 4.69) is 15.2 Å². The first-order chi connectivity index (χ1) is 14.0. The van der Waals surface area contributed by atoms with Gasteiger partial charge in [-0.3, -0.25) is 4.79 Å². The molecular weight excluding hydrogens is 370 g/mol. The van der Waals surface area contributed by atoms with Crippen molar-refractivity contribution < 1.29 is 19.4 Å². The van der Waals surface area contributed by atoms with Crippen LogP contribution >= 0.6 is 0 Å². The van der Waals surface area contributed by atoms with Crippen molar-refractivity contribution in [1.82, 2.24) is 10.3 Å². The van der Waals surface area contributed by atoms with Gasteiger partial charge in [-0.2, -0.15) is 0 Å². The standard InChI is InChI=1S/C22H25N3O4/c1-29-19-5-2-16(22(27)28)11-17(19)10-14-7-9-25(13-14)20-12-15(6-8-23-20)21(26)24-18-3-4-18/h2,5-6,8,11-12,14,18H,3-4,7,9-10,13H2,1H3,(H,24,26)(H,27,28). The molecule has 2 aliphatic rings. The first-order valence-electron chi connectivity index (χ1n) is 9.95. The van der Waals surface area contributed by atoms with Crippen LogP contribution in [0.1, 0.15) is 45.5 Å².